The molecule has 2 saturated heterocycles. The zero-order valence-corrected chi connectivity index (χ0v) is 21.7. The first-order valence-corrected chi connectivity index (χ1v) is 13.8. The van der Waals surface area contributed by atoms with Crippen LogP contribution in [0.5, 0.6) is 17.2 Å². The van der Waals surface area contributed by atoms with Crippen LogP contribution >= 0.6 is 0 Å². The van der Waals surface area contributed by atoms with Crippen molar-refractivity contribution in [1.29, 1.82) is 0 Å². The Morgan fingerprint density at radius 3 is 2.43 bits per heavy atom. The van der Waals surface area contributed by atoms with Crippen LogP contribution < -0.4 is 19.5 Å². The Morgan fingerprint density at radius 1 is 0.946 bits per heavy atom. The summed E-state index contributed by atoms with van der Waals surface area (Å²) in [5.74, 6) is 1.75. The molecule has 0 spiro atoms. The molecule has 200 valence electrons. The third-order valence-electron chi connectivity index (χ3n) is 6.73. The van der Waals surface area contributed by atoms with Crippen molar-refractivity contribution in [2.45, 2.75) is 11.4 Å². The number of fused-ring (bicyclic) bond motifs is 1. The third-order valence-corrected chi connectivity index (χ3v) is 8.62. The molecule has 11 nitrogen and oxygen atoms in total. The number of anilines is 1. The topological polar surface area (TPSA) is 110 Å². The van der Waals surface area contributed by atoms with Crippen molar-refractivity contribution < 1.29 is 32.2 Å². The number of carbonyl (C=O) groups excluding carboxylic acids is 1. The first kappa shape index (κ1) is 25.7. The van der Waals surface area contributed by atoms with E-state index in [-0.39, 0.29) is 24.1 Å². The number of ether oxygens (including phenoxy) is 4. The summed E-state index contributed by atoms with van der Waals surface area (Å²) in [5.41, 5.74) is 1.50. The minimum Gasteiger partial charge on any atom is -0.495 e. The van der Waals surface area contributed by atoms with Crippen molar-refractivity contribution in [2.24, 2.45) is 0 Å². The highest BCUT2D eigenvalue weighted by Gasteiger charge is 2.28. The van der Waals surface area contributed by atoms with Crippen molar-refractivity contribution in [3.05, 3.63) is 42.0 Å². The maximum Gasteiger partial charge on any atom is 0.243 e. The molecule has 2 aromatic carbocycles. The first-order chi connectivity index (χ1) is 17.9. The van der Waals surface area contributed by atoms with Crippen molar-refractivity contribution in [2.75, 3.05) is 78.2 Å². The number of morpholine rings is 1. The molecule has 0 bridgehead atoms. The highest BCUT2D eigenvalue weighted by molar-refractivity contribution is 7.89. The van der Waals surface area contributed by atoms with Crippen LogP contribution in [-0.4, -0.2) is 101 Å². The standard InChI is InChI=1S/C25H32N4O7S/c1-33-22-5-3-20(37(31,32)29-10-12-34-13-11-29)15-21(22)26-25(30)17-28-8-6-27(7-9-28)16-19-2-4-23-24(14-19)36-18-35-23/h2-5,14-15H,6-13,16-18H2,1H3,(H,26,30). The van der Waals surface area contributed by atoms with Crippen LogP contribution in [0.4, 0.5) is 5.69 Å². The number of benzene rings is 2. The van der Waals surface area contributed by atoms with E-state index in [1.807, 2.05) is 18.2 Å². The molecule has 1 amide bonds. The molecular formula is C25H32N4O7S. The lowest BCUT2D eigenvalue weighted by molar-refractivity contribution is -0.117. The summed E-state index contributed by atoms with van der Waals surface area (Å²) in [6.07, 6.45) is 0. The summed E-state index contributed by atoms with van der Waals surface area (Å²) in [6, 6.07) is 10.5. The van der Waals surface area contributed by atoms with E-state index >= 15 is 0 Å². The molecule has 0 saturated carbocycles. The van der Waals surface area contributed by atoms with E-state index in [1.165, 1.54) is 23.5 Å². The van der Waals surface area contributed by atoms with Crippen LogP contribution in [0.3, 0.4) is 0 Å². The predicted molar refractivity (Wildman–Crippen MR) is 135 cm³/mol. The summed E-state index contributed by atoms with van der Waals surface area (Å²) in [4.78, 5) is 17.4. The fourth-order valence-electron chi connectivity index (χ4n) is 4.68. The average molecular weight is 533 g/mol. The van der Waals surface area contributed by atoms with Gasteiger partial charge in [0.2, 0.25) is 22.7 Å². The Labute approximate surface area is 216 Å². The maximum absolute atomic E-state index is 13.0. The number of nitrogens with one attached hydrogen (secondary N) is 1. The Balaban J connectivity index is 1.16. The summed E-state index contributed by atoms with van der Waals surface area (Å²) in [7, 11) is -2.21. The number of nitrogens with zero attached hydrogens (tertiary/aromatic N) is 3. The molecule has 0 unspecified atom stereocenters. The Morgan fingerprint density at radius 2 is 1.68 bits per heavy atom. The van der Waals surface area contributed by atoms with Crippen molar-refractivity contribution in [3.8, 4) is 17.2 Å². The van der Waals surface area contributed by atoms with Crippen LogP contribution in [-0.2, 0) is 26.1 Å². The summed E-state index contributed by atoms with van der Waals surface area (Å²) < 4.78 is 49.0. The minimum atomic E-state index is -3.69. The predicted octanol–water partition coefficient (Wildman–Crippen LogP) is 1.20. The lowest BCUT2D eigenvalue weighted by atomic mass is 10.1. The Bertz CT molecular complexity index is 1230. The number of hydrogen-bond donors (Lipinski definition) is 1. The highest BCUT2D eigenvalue weighted by Crippen LogP contribution is 2.33. The van der Waals surface area contributed by atoms with Gasteiger partial charge in [-0.25, -0.2) is 8.42 Å². The van der Waals surface area contributed by atoms with Gasteiger partial charge in [0.1, 0.15) is 5.75 Å². The first-order valence-electron chi connectivity index (χ1n) is 12.3. The molecule has 3 aliphatic rings. The number of rotatable bonds is 8. The van der Waals surface area contributed by atoms with Gasteiger partial charge in [0, 0.05) is 45.8 Å². The van der Waals surface area contributed by atoms with E-state index in [9.17, 15) is 13.2 Å². The highest BCUT2D eigenvalue weighted by atomic mass is 32.2. The van der Waals surface area contributed by atoms with Crippen LogP contribution in [0.15, 0.2) is 41.3 Å². The normalized spacial score (nSPS) is 19.1. The molecular weight excluding hydrogens is 500 g/mol. The Hall–Kier alpha value is -2.90. The Kier molecular flexibility index (Phi) is 7.81. The van der Waals surface area contributed by atoms with Gasteiger partial charge in [0.25, 0.3) is 0 Å². The molecule has 3 heterocycles. The van der Waals surface area contributed by atoms with Crippen molar-refractivity contribution in [1.82, 2.24) is 14.1 Å². The average Bonchev–Trinajstić information content (AvgIpc) is 3.38. The summed E-state index contributed by atoms with van der Waals surface area (Å²) in [6.45, 7) is 5.77. The van der Waals surface area contributed by atoms with Crippen LogP contribution in [0.25, 0.3) is 0 Å². The van der Waals surface area contributed by atoms with Crippen molar-refractivity contribution in [3.63, 3.8) is 0 Å². The van der Waals surface area contributed by atoms with Gasteiger partial charge < -0.3 is 24.3 Å². The quantitative estimate of drug-likeness (QED) is 0.536. The van der Waals surface area contributed by atoms with Gasteiger partial charge in [-0.15, -0.1) is 0 Å². The van der Waals surface area contributed by atoms with Gasteiger partial charge in [-0.2, -0.15) is 4.31 Å². The van der Waals surface area contributed by atoms with Gasteiger partial charge >= 0.3 is 0 Å². The molecule has 0 radical (unpaired) electrons. The second kappa shape index (κ2) is 11.2. The number of hydrogen-bond acceptors (Lipinski definition) is 9. The number of amides is 1. The SMILES string of the molecule is COc1ccc(S(=O)(=O)N2CCOCC2)cc1NC(=O)CN1CCN(Cc2ccc3c(c2)OCO3)CC1. The lowest BCUT2D eigenvalue weighted by Gasteiger charge is -2.34. The molecule has 5 rings (SSSR count). The van der Waals surface area contributed by atoms with E-state index in [1.54, 1.807) is 6.07 Å². The van der Waals surface area contributed by atoms with Gasteiger partial charge in [-0.05, 0) is 35.9 Å². The third kappa shape index (κ3) is 5.99. The molecule has 3 aliphatic heterocycles. The second-order valence-electron chi connectivity index (χ2n) is 9.17. The van der Waals surface area contributed by atoms with E-state index in [2.05, 4.69) is 15.1 Å². The maximum atomic E-state index is 13.0. The molecule has 37 heavy (non-hydrogen) atoms. The van der Waals surface area contributed by atoms with Crippen molar-refractivity contribution >= 4 is 21.6 Å². The molecule has 0 atom stereocenters. The molecule has 0 aliphatic carbocycles. The molecule has 1 N–H and O–H groups in total. The minimum absolute atomic E-state index is 0.114. The fraction of sp³-hybridized carbons (Fsp3) is 0.480. The molecule has 0 aromatic heterocycles. The second-order valence-corrected chi connectivity index (χ2v) is 11.1. The largest absolute Gasteiger partial charge is 0.495 e. The monoisotopic (exact) mass is 532 g/mol. The van der Waals surface area contributed by atoms with E-state index < -0.39 is 10.0 Å². The van der Waals surface area contributed by atoms with Gasteiger partial charge in [-0.3, -0.25) is 14.6 Å². The number of methoxy groups -OCH3 is 1. The molecule has 2 fully saturated rings. The van der Waals surface area contributed by atoms with E-state index in [4.69, 9.17) is 18.9 Å². The van der Waals surface area contributed by atoms with E-state index in [0.717, 1.165) is 49.8 Å². The van der Waals surface area contributed by atoms with Gasteiger partial charge in [0.05, 0.1) is 37.5 Å². The molecule has 12 heteroatoms. The zero-order chi connectivity index (χ0) is 25.8. The van der Waals surface area contributed by atoms with Gasteiger partial charge in [-0.1, -0.05) is 6.07 Å². The van der Waals surface area contributed by atoms with Crippen LogP contribution in [0.2, 0.25) is 0 Å². The number of carbonyl (C=O) groups is 1. The summed E-state index contributed by atoms with van der Waals surface area (Å²) in [5, 5.41) is 2.85. The number of piperazine rings is 1. The zero-order valence-electron chi connectivity index (χ0n) is 20.8. The van der Waals surface area contributed by atoms with E-state index in [0.29, 0.717) is 37.7 Å². The number of sulfonamides is 1. The van der Waals surface area contributed by atoms with Gasteiger partial charge in [0.15, 0.2) is 11.5 Å². The smallest absolute Gasteiger partial charge is 0.243 e. The van der Waals surface area contributed by atoms with Crippen LogP contribution in [0.1, 0.15) is 5.56 Å². The summed E-state index contributed by atoms with van der Waals surface area (Å²) >= 11 is 0. The molecule has 2 aromatic rings. The fourth-order valence-corrected chi connectivity index (χ4v) is 6.11. The lowest BCUT2D eigenvalue weighted by Crippen LogP contribution is -2.48. The van der Waals surface area contributed by atoms with Crippen LogP contribution in [0, 0.1) is 0 Å².